The van der Waals surface area contributed by atoms with Crippen molar-refractivity contribution in [2.24, 2.45) is 0 Å². The second-order valence-corrected chi connectivity index (χ2v) is 6.46. The average Bonchev–Trinajstić information content (AvgIpc) is 2.44. The smallest absolute Gasteiger partial charge is 0.246 e. The van der Waals surface area contributed by atoms with Gasteiger partial charge in [-0.25, -0.2) is 13.1 Å². The monoisotopic (exact) mass is 310 g/mol. The summed E-state index contributed by atoms with van der Waals surface area (Å²) >= 11 is 3.26. The van der Waals surface area contributed by atoms with E-state index in [-0.39, 0.29) is 4.90 Å². The fourth-order valence-corrected chi connectivity index (χ4v) is 3.37. The molecule has 0 saturated carbocycles. The Morgan fingerprint density at radius 2 is 2.00 bits per heavy atom. The highest BCUT2D eigenvalue weighted by Crippen LogP contribution is 2.21. The van der Waals surface area contributed by atoms with Crippen LogP contribution in [0.25, 0.3) is 0 Å². The van der Waals surface area contributed by atoms with Gasteiger partial charge in [0.15, 0.2) is 5.76 Å². The number of alkyl halides is 1. The minimum atomic E-state index is -3.58. The van der Waals surface area contributed by atoms with E-state index in [1.54, 1.807) is 27.7 Å². The second kappa shape index (κ2) is 4.46. The number of rotatable bonds is 4. The van der Waals surface area contributed by atoms with E-state index in [1.165, 1.54) is 0 Å². The standard InChI is InChI=1S/C9H15BrN2O3S/c1-6-8(7(2)15-11-6)16(13,14)12-9(3,4)5-10/h12H,5H2,1-4H3. The first-order chi connectivity index (χ1) is 7.19. The van der Waals surface area contributed by atoms with E-state index in [0.29, 0.717) is 16.8 Å². The molecule has 0 radical (unpaired) electrons. The van der Waals surface area contributed by atoms with Gasteiger partial charge in [-0.15, -0.1) is 0 Å². The summed E-state index contributed by atoms with van der Waals surface area (Å²) in [5.41, 5.74) is -0.190. The molecule has 92 valence electrons. The molecule has 1 heterocycles. The number of hydrogen-bond donors (Lipinski definition) is 1. The van der Waals surface area contributed by atoms with Crippen LogP contribution in [-0.4, -0.2) is 24.4 Å². The first-order valence-corrected chi connectivity index (χ1v) is 7.33. The topological polar surface area (TPSA) is 72.2 Å². The van der Waals surface area contributed by atoms with Crippen molar-refractivity contribution in [3.63, 3.8) is 0 Å². The van der Waals surface area contributed by atoms with Crippen molar-refractivity contribution in [3.8, 4) is 0 Å². The first kappa shape index (κ1) is 13.7. The fraction of sp³-hybridized carbons (Fsp3) is 0.667. The molecule has 0 aliphatic carbocycles. The third-order valence-electron chi connectivity index (χ3n) is 1.98. The molecule has 7 heteroatoms. The zero-order chi connectivity index (χ0) is 12.6. The number of nitrogens with zero attached hydrogens (tertiary/aromatic N) is 1. The highest BCUT2D eigenvalue weighted by molar-refractivity contribution is 9.09. The largest absolute Gasteiger partial charge is 0.360 e. The molecule has 0 aliphatic rings. The Kier molecular flexibility index (Phi) is 3.81. The van der Waals surface area contributed by atoms with Crippen molar-refractivity contribution in [3.05, 3.63) is 11.5 Å². The number of aromatic nitrogens is 1. The lowest BCUT2D eigenvalue weighted by Crippen LogP contribution is -2.44. The molecule has 1 aromatic rings. The van der Waals surface area contributed by atoms with Crippen LogP contribution in [0, 0.1) is 13.8 Å². The van der Waals surface area contributed by atoms with Crippen molar-refractivity contribution in [2.75, 3.05) is 5.33 Å². The van der Waals surface area contributed by atoms with Gasteiger partial charge in [0.05, 0.1) is 0 Å². The molecular formula is C9H15BrN2O3S. The van der Waals surface area contributed by atoms with Crippen molar-refractivity contribution >= 4 is 26.0 Å². The van der Waals surface area contributed by atoms with Crippen molar-refractivity contribution in [2.45, 2.75) is 38.1 Å². The van der Waals surface area contributed by atoms with Gasteiger partial charge < -0.3 is 4.52 Å². The minimum Gasteiger partial charge on any atom is -0.360 e. The van der Waals surface area contributed by atoms with Crippen LogP contribution < -0.4 is 4.72 Å². The fourth-order valence-electron chi connectivity index (χ4n) is 1.30. The molecule has 1 N–H and O–H groups in total. The van der Waals surface area contributed by atoms with Crippen molar-refractivity contribution in [1.29, 1.82) is 0 Å². The summed E-state index contributed by atoms with van der Waals surface area (Å²) < 4.78 is 31.6. The van der Waals surface area contributed by atoms with E-state index in [2.05, 4.69) is 25.8 Å². The quantitative estimate of drug-likeness (QED) is 0.860. The Morgan fingerprint density at radius 1 is 1.44 bits per heavy atom. The Morgan fingerprint density at radius 3 is 2.38 bits per heavy atom. The maximum atomic E-state index is 12.1. The van der Waals surface area contributed by atoms with Gasteiger partial charge in [0.2, 0.25) is 10.0 Å². The van der Waals surface area contributed by atoms with E-state index in [0.717, 1.165) is 0 Å². The van der Waals surface area contributed by atoms with E-state index < -0.39 is 15.6 Å². The third-order valence-corrected chi connectivity index (χ3v) is 5.32. The lowest BCUT2D eigenvalue weighted by molar-refractivity contribution is 0.390. The van der Waals surface area contributed by atoms with Gasteiger partial charge in [0, 0.05) is 10.9 Å². The van der Waals surface area contributed by atoms with E-state index >= 15 is 0 Å². The molecule has 0 atom stereocenters. The molecule has 0 bridgehead atoms. The molecule has 0 amide bonds. The summed E-state index contributed by atoms with van der Waals surface area (Å²) in [4.78, 5) is 0.126. The Balaban J connectivity index is 3.14. The van der Waals surface area contributed by atoms with Gasteiger partial charge in [0.25, 0.3) is 0 Å². The van der Waals surface area contributed by atoms with Crippen LogP contribution in [0.3, 0.4) is 0 Å². The number of halogens is 1. The summed E-state index contributed by atoms with van der Waals surface area (Å²) in [6, 6.07) is 0. The predicted molar refractivity (Wildman–Crippen MR) is 64.2 cm³/mol. The summed E-state index contributed by atoms with van der Waals surface area (Å²) in [7, 11) is -3.58. The molecule has 5 nitrogen and oxygen atoms in total. The van der Waals surface area contributed by atoms with E-state index in [9.17, 15) is 8.42 Å². The molecular weight excluding hydrogens is 296 g/mol. The van der Waals surface area contributed by atoms with Crippen molar-refractivity contribution in [1.82, 2.24) is 9.88 Å². The molecule has 0 aliphatic heterocycles. The summed E-state index contributed by atoms with van der Waals surface area (Å²) in [5.74, 6) is 0.301. The average molecular weight is 311 g/mol. The predicted octanol–water partition coefficient (Wildman–Crippen LogP) is 1.74. The van der Waals surface area contributed by atoms with Gasteiger partial charge >= 0.3 is 0 Å². The van der Waals surface area contributed by atoms with Crippen LogP contribution in [0.15, 0.2) is 9.42 Å². The number of hydrogen-bond acceptors (Lipinski definition) is 4. The van der Waals surface area contributed by atoms with Gasteiger partial charge in [-0.1, -0.05) is 21.1 Å². The Labute approximate surface area is 104 Å². The molecule has 16 heavy (non-hydrogen) atoms. The number of sulfonamides is 1. The Hall–Kier alpha value is -0.400. The lowest BCUT2D eigenvalue weighted by atomic mass is 10.1. The second-order valence-electron chi connectivity index (χ2n) is 4.28. The Bertz CT molecular complexity index is 459. The zero-order valence-corrected chi connectivity index (χ0v) is 12.1. The maximum absolute atomic E-state index is 12.1. The summed E-state index contributed by atoms with van der Waals surface area (Å²) in [6.07, 6.45) is 0. The third kappa shape index (κ3) is 2.83. The number of nitrogens with one attached hydrogen (secondary N) is 1. The highest BCUT2D eigenvalue weighted by Gasteiger charge is 2.30. The van der Waals surface area contributed by atoms with Crippen LogP contribution in [0.2, 0.25) is 0 Å². The zero-order valence-electron chi connectivity index (χ0n) is 9.67. The number of aryl methyl sites for hydroxylation is 2. The van der Waals surface area contributed by atoms with E-state index in [4.69, 9.17) is 4.52 Å². The van der Waals surface area contributed by atoms with Crippen LogP contribution >= 0.6 is 15.9 Å². The maximum Gasteiger partial charge on any atom is 0.246 e. The lowest BCUT2D eigenvalue weighted by Gasteiger charge is -2.22. The molecule has 0 saturated heterocycles. The summed E-state index contributed by atoms with van der Waals surface area (Å²) in [5, 5.41) is 4.15. The van der Waals surface area contributed by atoms with Crippen molar-refractivity contribution < 1.29 is 12.9 Å². The van der Waals surface area contributed by atoms with Crippen LogP contribution in [0.5, 0.6) is 0 Å². The molecule has 1 rings (SSSR count). The normalized spacial score (nSPS) is 13.1. The van der Waals surface area contributed by atoms with Crippen LogP contribution in [0.1, 0.15) is 25.3 Å². The molecule has 0 spiro atoms. The molecule has 0 fully saturated rings. The SMILES string of the molecule is Cc1noc(C)c1S(=O)(=O)NC(C)(C)CBr. The highest BCUT2D eigenvalue weighted by atomic mass is 79.9. The van der Waals surface area contributed by atoms with Gasteiger partial charge in [-0.3, -0.25) is 0 Å². The molecule has 0 unspecified atom stereocenters. The van der Waals surface area contributed by atoms with E-state index in [1.807, 2.05) is 0 Å². The van der Waals surface area contributed by atoms with Crippen LogP contribution in [0.4, 0.5) is 0 Å². The van der Waals surface area contributed by atoms with Gasteiger partial charge in [-0.2, -0.15) is 0 Å². The summed E-state index contributed by atoms with van der Waals surface area (Å²) in [6.45, 7) is 6.76. The van der Waals surface area contributed by atoms with Gasteiger partial charge in [-0.05, 0) is 27.7 Å². The minimum absolute atomic E-state index is 0.126. The molecule has 1 aromatic heterocycles. The molecule has 0 aromatic carbocycles. The van der Waals surface area contributed by atoms with Gasteiger partial charge in [0.1, 0.15) is 10.6 Å². The first-order valence-electron chi connectivity index (χ1n) is 4.72. The van der Waals surface area contributed by atoms with Crippen LogP contribution in [-0.2, 0) is 10.0 Å².